The van der Waals surface area contributed by atoms with Gasteiger partial charge in [-0.3, -0.25) is 0 Å². The van der Waals surface area contributed by atoms with Crippen LogP contribution in [0.5, 0.6) is 0 Å². The van der Waals surface area contributed by atoms with Gasteiger partial charge in [-0.05, 0) is 34.1 Å². The van der Waals surface area contributed by atoms with Gasteiger partial charge < -0.3 is 5.32 Å². The fourth-order valence-electron chi connectivity index (χ4n) is 2.14. The minimum Gasteiger partial charge on any atom is -0.306 e. The average molecular weight is 379 g/mol. The van der Waals surface area contributed by atoms with Gasteiger partial charge in [0.05, 0.1) is 11.1 Å². The maximum Gasteiger partial charge on any atom is 0.134 e. The molecular weight excluding hydrogens is 367 g/mol. The van der Waals surface area contributed by atoms with E-state index in [4.69, 9.17) is 11.6 Å². The highest BCUT2D eigenvalue weighted by Crippen LogP contribution is 2.35. The minimum atomic E-state index is -0.954. The lowest BCUT2D eigenvalue weighted by molar-refractivity contribution is 0.492. The molecule has 6 heteroatoms. The summed E-state index contributed by atoms with van der Waals surface area (Å²) < 4.78 is 41.7. The second-order valence-corrected chi connectivity index (χ2v) is 5.65. The minimum absolute atomic E-state index is 0.252. The zero-order valence-electron chi connectivity index (χ0n) is 11.1. The summed E-state index contributed by atoms with van der Waals surface area (Å²) >= 11 is 9.48. The van der Waals surface area contributed by atoms with Crippen molar-refractivity contribution in [3.8, 4) is 0 Å². The van der Waals surface area contributed by atoms with E-state index >= 15 is 0 Å². The highest BCUT2D eigenvalue weighted by molar-refractivity contribution is 9.10. The Hall–Kier alpha value is -1.04. The van der Waals surface area contributed by atoms with Crippen LogP contribution in [0, 0.1) is 17.5 Å². The Kier molecular flexibility index (Phi) is 5.30. The molecule has 21 heavy (non-hydrogen) atoms. The van der Waals surface area contributed by atoms with E-state index < -0.39 is 23.5 Å². The lowest BCUT2D eigenvalue weighted by Crippen LogP contribution is -2.24. The van der Waals surface area contributed by atoms with Crippen LogP contribution in [0.2, 0.25) is 5.02 Å². The molecule has 112 valence electrons. The Morgan fingerprint density at radius 1 is 1.19 bits per heavy atom. The van der Waals surface area contributed by atoms with E-state index in [1.54, 1.807) is 25.1 Å². The molecular formula is C15H12BrClF3N. The quantitative estimate of drug-likeness (QED) is 0.769. The van der Waals surface area contributed by atoms with Crippen LogP contribution in [0.25, 0.3) is 0 Å². The fourth-order valence-corrected chi connectivity index (χ4v) is 2.76. The molecule has 2 aromatic carbocycles. The first-order valence-electron chi connectivity index (χ1n) is 6.27. The maximum atomic E-state index is 14.0. The Morgan fingerprint density at radius 3 is 2.38 bits per heavy atom. The van der Waals surface area contributed by atoms with Gasteiger partial charge in [0.2, 0.25) is 0 Å². The van der Waals surface area contributed by atoms with Gasteiger partial charge in [-0.2, -0.15) is 0 Å². The number of benzene rings is 2. The van der Waals surface area contributed by atoms with Gasteiger partial charge in [0.25, 0.3) is 0 Å². The van der Waals surface area contributed by atoms with Gasteiger partial charge in [0.15, 0.2) is 0 Å². The van der Waals surface area contributed by atoms with Gasteiger partial charge in [-0.15, -0.1) is 0 Å². The van der Waals surface area contributed by atoms with Crippen LogP contribution in [0.4, 0.5) is 13.2 Å². The molecule has 1 unspecified atom stereocenters. The molecule has 0 heterocycles. The van der Waals surface area contributed by atoms with E-state index in [9.17, 15) is 13.2 Å². The predicted molar refractivity (Wildman–Crippen MR) is 81.0 cm³/mol. The van der Waals surface area contributed by atoms with Crippen molar-refractivity contribution in [3.63, 3.8) is 0 Å². The third-order valence-electron chi connectivity index (χ3n) is 3.03. The van der Waals surface area contributed by atoms with Crippen molar-refractivity contribution in [2.24, 2.45) is 0 Å². The van der Waals surface area contributed by atoms with Crippen LogP contribution in [0.15, 0.2) is 34.8 Å². The summed E-state index contributed by atoms with van der Waals surface area (Å²) in [5.74, 6) is -2.85. The van der Waals surface area contributed by atoms with Gasteiger partial charge in [0.1, 0.15) is 17.5 Å². The molecule has 1 nitrogen and oxygen atoms in total. The summed E-state index contributed by atoms with van der Waals surface area (Å²) in [5, 5.41) is 3.33. The third kappa shape index (κ3) is 3.42. The summed E-state index contributed by atoms with van der Waals surface area (Å²) in [7, 11) is 0. The Labute approximate surface area is 134 Å². The predicted octanol–water partition coefficient (Wildman–Crippen LogP) is 5.22. The second-order valence-electron chi connectivity index (χ2n) is 4.42. The van der Waals surface area contributed by atoms with Crippen LogP contribution in [-0.2, 0) is 0 Å². The first-order valence-corrected chi connectivity index (χ1v) is 7.44. The number of hydrogen-bond acceptors (Lipinski definition) is 1. The van der Waals surface area contributed by atoms with Crippen molar-refractivity contribution in [2.45, 2.75) is 13.0 Å². The molecule has 0 aliphatic heterocycles. The molecule has 0 aromatic heterocycles. The molecule has 1 N–H and O–H groups in total. The van der Waals surface area contributed by atoms with Crippen LogP contribution in [0.3, 0.4) is 0 Å². The van der Waals surface area contributed by atoms with Gasteiger partial charge >= 0.3 is 0 Å². The highest BCUT2D eigenvalue weighted by atomic mass is 79.9. The zero-order chi connectivity index (χ0) is 15.6. The molecule has 0 aliphatic carbocycles. The molecule has 1 atom stereocenters. The van der Waals surface area contributed by atoms with E-state index in [1.807, 2.05) is 0 Å². The normalized spacial score (nSPS) is 12.5. The van der Waals surface area contributed by atoms with Crippen LogP contribution < -0.4 is 5.32 Å². The van der Waals surface area contributed by atoms with Crippen molar-refractivity contribution < 1.29 is 13.2 Å². The van der Waals surface area contributed by atoms with Crippen molar-refractivity contribution in [3.05, 3.63) is 68.4 Å². The third-order valence-corrected chi connectivity index (χ3v) is 4.34. The summed E-state index contributed by atoms with van der Waals surface area (Å²) in [6.45, 7) is 2.27. The van der Waals surface area contributed by atoms with Gasteiger partial charge in [-0.25, -0.2) is 13.2 Å². The zero-order valence-corrected chi connectivity index (χ0v) is 13.4. The summed E-state index contributed by atoms with van der Waals surface area (Å²) in [5.41, 5.74) is 0.260. The molecule has 0 saturated heterocycles. The lowest BCUT2D eigenvalue weighted by atomic mass is 9.97. The van der Waals surface area contributed by atoms with E-state index in [0.717, 1.165) is 0 Å². The number of halogens is 5. The van der Waals surface area contributed by atoms with Crippen LogP contribution in [-0.4, -0.2) is 6.54 Å². The molecule has 0 fully saturated rings. The van der Waals surface area contributed by atoms with E-state index in [0.29, 0.717) is 33.7 Å². The molecule has 2 rings (SSSR count). The van der Waals surface area contributed by atoms with Crippen LogP contribution in [0.1, 0.15) is 24.1 Å². The summed E-state index contributed by atoms with van der Waals surface area (Å²) in [6.07, 6.45) is 0. The van der Waals surface area contributed by atoms with Crippen molar-refractivity contribution in [1.29, 1.82) is 0 Å². The van der Waals surface area contributed by atoms with Crippen molar-refractivity contribution in [2.75, 3.05) is 6.54 Å². The molecule has 2 aromatic rings. The molecule has 0 amide bonds. The van der Waals surface area contributed by atoms with E-state index in [1.165, 1.54) is 0 Å². The van der Waals surface area contributed by atoms with Gasteiger partial charge in [0, 0.05) is 22.2 Å². The summed E-state index contributed by atoms with van der Waals surface area (Å²) in [4.78, 5) is 0. The standard InChI is InChI=1S/C15H12BrClF3N/c1-2-21-15(9-4-3-5-10(16)14(9)17)13-11(19)6-8(18)7-12(13)20/h3-7,15,21H,2H2,1H3. The number of hydrogen-bond donors (Lipinski definition) is 1. The molecule has 0 bridgehead atoms. The Bertz CT molecular complexity index is 640. The molecule has 0 radical (unpaired) electrons. The largest absolute Gasteiger partial charge is 0.306 e. The smallest absolute Gasteiger partial charge is 0.134 e. The first kappa shape index (κ1) is 16.3. The monoisotopic (exact) mass is 377 g/mol. The van der Waals surface area contributed by atoms with Crippen LogP contribution >= 0.6 is 27.5 Å². The molecule has 0 spiro atoms. The summed E-state index contributed by atoms with van der Waals surface area (Å²) in [6, 6.07) is 5.63. The Morgan fingerprint density at radius 2 is 1.81 bits per heavy atom. The molecule has 0 aliphatic rings. The topological polar surface area (TPSA) is 12.0 Å². The van der Waals surface area contributed by atoms with Gasteiger partial charge in [-0.1, -0.05) is 30.7 Å². The van der Waals surface area contributed by atoms with Crippen molar-refractivity contribution in [1.82, 2.24) is 5.32 Å². The van der Waals surface area contributed by atoms with Crippen molar-refractivity contribution >= 4 is 27.5 Å². The maximum absolute atomic E-state index is 14.0. The lowest BCUT2D eigenvalue weighted by Gasteiger charge is -2.21. The average Bonchev–Trinajstić information content (AvgIpc) is 2.40. The first-order chi connectivity index (χ1) is 9.95. The SMILES string of the molecule is CCNC(c1cccc(Br)c1Cl)c1c(F)cc(F)cc1F. The fraction of sp³-hybridized carbons (Fsp3) is 0.200. The molecule has 0 saturated carbocycles. The highest BCUT2D eigenvalue weighted by Gasteiger charge is 2.24. The second kappa shape index (κ2) is 6.81. The Balaban J connectivity index is 2.62. The number of nitrogens with one attached hydrogen (secondary N) is 1. The van der Waals surface area contributed by atoms with E-state index in [2.05, 4.69) is 21.2 Å². The van der Waals surface area contributed by atoms with E-state index in [-0.39, 0.29) is 5.56 Å². The number of rotatable bonds is 4.